The second-order valence-electron chi connectivity index (χ2n) is 6.12. The Bertz CT molecular complexity index is 725. The Hall–Kier alpha value is -2.90. The van der Waals surface area contributed by atoms with Gasteiger partial charge >= 0.3 is 5.97 Å². The Morgan fingerprint density at radius 3 is 2.58 bits per heavy atom. The van der Waals surface area contributed by atoms with Crippen molar-refractivity contribution in [3.8, 4) is 5.75 Å². The molecule has 0 spiro atoms. The Morgan fingerprint density at radius 1 is 1.23 bits per heavy atom. The summed E-state index contributed by atoms with van der Waals surface area (Å²) in [6, 6.07) is 6.91. The van der Waals surface area contributed by atoms with E-state index in [4.69, 9.17) is 14.4 Å². The molecule has 8 nitrogen and oxygen atoms in total. The van der Waals surface area contributed by atoms with E-state index in [0.29, 0.717) is 42.6 Å². The number of anilines is 1. The molecular formula is C18H23N3O5. The molecule has 2 N–H and O–H groups in total. The van der Waals surface area contributed by atoms with Crippen LogP contribution < -0.4 is 10.1 Å². The normalized spacial score (nSPS) is 10.7. The Labute approximate surface area is 151 Å². The molecule has 8 heteroatoms. The number of rotatable bonds is 10. The second kappa shape index (κ2) is 9.55. The van der Waals surface area contributed by atoms with Gasteiger partial charge in [0.1, 0.15) is 5.75 Å². The van der Waals surface area contributed by atoms with Gasteiger partial charge in [0.15, 0.2) is 5.82 Å². The first-order valence-electron chi connectivity index (χ1n) is 8.51. The molecule has 140 valence electrons. The van der Waals surface area contributed by atoms with E-state index < -0.39 is 5.97 Å². The predicted molar refractivity (Wildman–Crippen MR) is 94.1 cm³/mol. The standard InChI is InChI=1S/C18H23N3O5/c1-12(2)18-20-16(26-21-18)10-9-15(22)19-13-5-7-14(8-6-13)25-11-3-4-17(23)24/h5-8,12H,3-4,9-11H2,1-2H3,(H,19,22)(H,23,24). The van der Waals surface area contributed by atoms with Crippen molar-refractivity contribution in [3.63, 3.8) is 0 Å². The van der Waals surface area contributed by atoms with Crippen molar-refractivity contribution in [3.05, 3.63) is 36.0 Å². The average Bonchev–Trinajstić information content (AvgIpc) is 3.07. The number of carboxylic acid groups (broad SMARTS) is 1. The number of aryl methyl sites for hydroxylation is 1. The first kappa shape index (κ1) is 19.4. The first-order chi connectivity index (χ1) is 12.4. The van der Waals surface area contributed by atoms with Crippen LogP contribution in [-0.2, 0) is 16.0 Å². The van der Waals surface area contributed by atoms with Crippen molar-refractivity contribution >= 4 is 17.6 Å². The van der Waals surface area contributed by atoms with Crippen LogP contribution in [0.4, 0.5) is 5.69 Å². The molecule has 0 bridgehead atoms. The van der Waals surface area contributed by atoms with Crippen LogP contribution >= 0.6 is 0 Å². The number of ether oxygens (including phenoxy) is 1. The largest absolute Gasteiger partial charge is 0.494 e. The number of amides is 1. The van der Waals surface area contributed by atoms with E-state index in [0.717, 1.165) is 0 Å². The van der Waals surface area contributed by atoms with Crippen molar-refractivity contribution in [2.75, 3.05) is 11.9 Å². The summed E-state index contributed by atoms with van der Waals surface area (Å²) in [4.78, 5) is 26.7. The monoisotopic (exact) mass is 361 g/mol. The lowest BCUT2D eigenvalue weighted by atomic mass is 10.2. The molecule has 2 aromatic rings. The summed E-state index contributed by atoms with van der Waals surface area (Å²) in [5.74, 6) is 0.914. The molecule has 0 aliphatic rings. The molecule has 1 amide bonds. The van der Waals surface area contributed by atoms with Crippen molar-refractivity contribution in [2.45, 2.75) is 45.4 Å². The van der Waals surface area contributed by atoms with Gasteiger partial charge in [-0.25, -0.2) is 0 Å². The van der Waals surface area contributed by atoms with Crippen LogP contribution in [-0.4, -0.2) is 33.7 Å². The number of aliphatic carboxylic acids is 1. The maximum atomic E-state index is 12.0. The third kappa shape index (κ3) is 6.54. The van der Waals surface area contributed by atoms with Crippen molar-refractivity contribution in [1.82, 2.24) is 10.1 Å². The minimum Gasteiger partial charge on any atom is -0.494 e. The van der Waals surface area contributed by atoms with Gasteiger partial charge in [0.2, 0.25) is 11.8 Å². The first-order valence-corrected chi connectivity index (χ1v) is 8.51. The van der Waals surface area contributed by atoms with Gasteiger partial charge in [-0.3, -0.25) is 9.59 Å². The number of benzene rings is 1. The van der Waals surface area contributed by atoms with E-state index >= 15 is 0 Å². The molecule has 0 radical (unpaired) electrons. The minimum absolute atomic E-state index is 0.0762. The zero-order chi connectivity index (χ0) is 18.9. The van der Waals surface area contributed by atoms with Crippen LogP contribution in [0, 0.1) is 0 Å². The third-order valence-electron chi connectivity index (χ3n) is 3.51. The molecule has 1 aromatic heterocycles. The highest BCUT2D eigenvalue weighted by Gasteiger charge is 2.11. The van der Waals surface area contributed by atoms with Gasteiger partial charge in [-0.1, -0.05) is 19.0 Å². The van der Waals surface area contributed by atoms with Crippen LogP contribution in [0.2, 0.25) is 0 Å². The molecule has 0 aliphatic carbocycles. The van der Waals surface area contributed by atoms with Crippen molar-refractivity contribution in [1.29, 1.82) is 0 Å². The van der Waals surface area contributed by atoms with E-state index in [1.54, 1.807) is 24.3 Å². The van der Waals surface area contributed by atoms with Gasteiger partial charge in [0.25, 0.3) is 0 Å². The van der Waals surface area contributed by atoms with Gasteiger partial charge in [0.05, 0.1) is 6.61 Å². The molecule has 1 aromatic carbocycles. The van der Waals surface area contributed by atoms with E-state index in [1.807, 2.05) is 13.8 Å². The summed E-state index contributed by atoms with van der Waals surface area (Å²) < 4.78 is 10.5. The molecule has 0 saturated carbocycles. The number of hydrogen-bond donors (Lipinski definition) is 2. The number of aromatic nitrogens is 2. The molecule has 0 saturated heterocycles. The van der Waals surface area contributed by atoms with Crippen LogP contribution in [0.3, 0.4) is 0 Å². The van der Waals surface area contributed by atoms with Gasteiger partial charge in [0, 0.05) is 30.9 Å². The maximum absolute atomic E-state index is 12.0. The van der Waals surface area contributed by atoms with E-state index in [9.17, 15) is 9.59 Å². The molecule has 26 heavy (non-hydrogen) atoms. The SMILES string of the molecule is CC(C)c1noc(CCC(=O)Nc2ccc(OCCCC(=O)O)cc2)n1. The molecule has 0 aliphatic heterocycles. The topological polar surface area (TPSA) is 115 Å². The Balaban J connectivity index is 1.73. The number of nitrogens with zero attached hydrogens (tertiary/aromatic N) is 2. The van der Waals surface area contributed by atoms with Crippen LogP contribution in [0.1, 0.15) is 50.7 Å². The molecule has 0 fully saturated rings. The maximum Gasteiger partial charge on any atom is 0.303 e. The van der Waals surface area contributed by atoms with E-state index in [2.05, 4.69) is 15.5 Å². The van der Waals surface area contributed by atoms with E-state index in [-0.39, 0.29) is 24.7 Å². The van der Waals surface area contributed by atoms with Crippen LogP contribution in [0.15, 0.2) is 28.8 Å². The lowest BCUT2D eigenvalue weighted by Crippen LogP contribution is -2.12. The zero-order valence-corrected chi connectivity index (χ0v) is 14.9. The fraction of sp³-hybridized carbons (Fsp3) is 0.444. The van der Waals surface area contributed by atoms with Crippen molar-refractivity contribution in [2.24, 2.45) is 0 Å². The summed E-state index contributed by atoms with van der Waals surface area (Å²) >= 11 is 0. The van der Waals surface area contributed by atoms with Gasteiger partial charge in [-0.2, -0.15) is 4.98 Å². The second-order valence-corrected chi connectivity index (χ2v) is 6.12. The van der Waals surface area contributed by atoms with Crippen LogP contribution in [0.5, 0.6) is 5.75 Å². The highest BCUT2D eigenvalue weighted by molar-refractivity contribution is 5.90. The summed E-state index contributed by atoms with van der Waals surface area (Å²) in [6.07, 6.45) is 1.15. The highest BCUT2D eigenvalue weighted by Crippen LogP contribution is 2.17. The fourth-order valence-corrected chi connectivity index (χ4v) is 2.10. The molecule has 0 unspecified atom stereocenters. The average molecular weight is 361 g/mol. The van der Waals surface area contributed by atoms with Crippen molar-refractivity contribution < 1.29 is 24.0 Å². The lowest BCUT2D eigenvalue weighted by Gasteiger charge is -2.07. The summed E-state index contributed by atoms with van der Waals surface area (Å²) in [7, 11) is 0. The number of hydrogen-bond acceptors (Lipinski definition) is 6. The quantitative estimate of drug-likeness (QED) is 0.625. The lowest BCUT2D eigenvalue weighted by molar-refractivity contribution is -0.137. The molecule has 1 heterocycles. The Kier molecular flexibility index (Phi) is 7.13. The Morgan fingerprint density at radius 2 is 1.96 bits per heavy atom. The highest BCUT2D eigenvalue weighted by atomic mass is 16.5. The zero-order valence-electron chi connectivity index (χ0n) is 14.9. The third-order valence-corrected chi connectivity index (χ3v) is 3.51. The number of carbonyl (C=O) groups excluding carboxylic acids is 1. The summed E-state index contributed by atoms with van der Waals surface area (Å²) in [5, 5.41) is 15.2. The van der Waals surface area contributed by atoms with Gasteiger partial charge < -0.3 is 19.7 Å². The minimum atomic E-state index is -0.840. The molecule has 2 rings (SSSR count). The number of carbonyl (C=O) groups is 2. The summed E-state index contributed by atoms with van der Waals surface area (Å²) in [5.41, 5.74) is 0.654. The molecular weight excluding hydrogens is 338 g/mol. The van der Waals surface area contributed by atoms with Gasteiger partial charge in [-0.15, -0.1) is 0 Å². The number of nitrogens with one attached hydrogen (secondary N) is 1. The van der Waals surface area contributed by atoms with E-state index in [1.165, 1.54) is 0 Å². The number of carboxylic acids is 1. The fourth-order valence-electron chi connectivity index (χ4n) is 2.10. The predicted octanol–water partition coefficient (Wildman–Crippen LogP) is 3.01. The summed E-state index contributed by atoms with van der Waals surface area (Å²) in [6.45, 7) is 4.28. The smallest absolute Gasteiger partial charge is 0.303 e. The van der Waals surface area contributed by atoms with Gasteiger partial charge in [-0.05, 0) is 30.7 Å². The molecule has 0 atom stereocenters. The van der Waals surface area contributed by atoms with Crippen LogP contribution in [0.25, 0.3) is 0 Å².